The molecule has 188 valence electrons. The zero-order valence-electron chi connectivity index (χ0n) is 19.7. The summed E-state index contributed by atoms with van der Waals surface area (Å²) in [6, 6.07) is 16.5. The van der Waals surface area contributed by atoms with Crippen molar-refractivity contribution in [1.82, 2.24) is 0 Å². The minimum atomic E-state index is -1.18. The molecule has 2 N–H and O–H groups in total. The summed E-state index contributed by atoms with van der Waals surface area (Å²) in [4.78, 5) is 62.8. The Hall–Kier alpha value is -5.06. The number of amides is 3. The van der Waals surface area contributed by atoms with Crippen LogP contribution in [0.2, 0.25) is 0 Å². The van der Waals surface area contributed by atoms with E-state index in [9.17, 15) is 29.3 Å². The number of anilines is 3. The zero-order valence-corrected chi connectivity index (χ0v) is 19.7. The third kappa shape index (κ3) is 5.45. The fourth-order valence-corrected chi connectivity index (χ4v) is 3.88. The fourth-order valence-electron chi connectivity index (χ4n) is 3.88. The smallest absolute Gasteiger partial charge is 0.338 e. The molecular formula is C26H22N4O7. The fraction of sp³-hybridized carbons (Fsp3) is 0.154. The van der Waals surface area contributed by atoms with Crippen LogP contribution in [0.1, 0.15) is 34.1 Å². The Labute approximate surface area is 211 Å². The van der Waals surface area contributed by atoms with Crippen LogP contribution in [0.15, 0.2) is 72.8 Å². The Balaban J connectivity index is 1.57. The topological polar surface area (TPSA) is 148 Å². The highest BCUT2D eigenvalue weighted by atomic mass is 16.6. The monoisotopic (exact) mass is 502 g/mol. The van der Waals surface area contributed by atoms with Crippen molar-refractivity contribution in [2.24, 2.45) is 0 Å². The summed E-state index contributed by atoms with van der Waals surface area (Å²) >= 11 is 0. The second-order valence-corrected chi connectivity index (χ2v) is 8.05. The number of rotatable bonds is 7. The number of nitro benzene ring substituents is 1. The van der Waals surface area contributed by atoms with Gasteiger partial charge in [0.25, 0.3) is 11.6 Å². The number of para-hydroxylation sites is 2. The van der Waals surface area contributed by atoms with Crippen LogP contribution in [-0.4, -0.2) is 41.3 Å². The molecule has 1 atom stereocenters. The Morgan fingerprint density at radius 3 is 2.30 bits per heavy atom. The van der Waals surface area contributed by atoms with Gasteiger partial charge in [0.2, 0.25) is 11.8 Å². The third-order valence-electron chi connectivity index (χ3n) is 5.64. The largest absolute Gasteiger partial charge is 0.462 e. The van der Waals surface area contributed by atoms with Gasteiger partial charge in [0.05, 0.1) is 34.9 Å². The Morgan fingerprint density at radius 2 is 1.65 bits per heavy atom. The number of hydrogen-bond acceptors (Lipinski definition) is 7. The van der Waals surface area contributed by atoms with Crippen molar-refractivity contribution in [3.8, 4) is 0 Å². The highest BCUT2D eigenvalue weighted by Crippen LogP contribution is 2.34. The Morgan fingerprint density at radius 1 is 1.00 bits per heavy atom. The van der Waals surface area contributed by atoms with E-state index in [1.54, 1.807) is 31.2 Å². The molecular weight excluding hydrogens is 480 g/mol. The lowest BCUT2D eigenvalue weighted by atomic mass is 10.0. The van der Waals surface area contributed by atoms with Gasteiger partial charge in [-0.3, -0.25) is 29.4 Å². The van der Waals surface area contributed by atoms with Crippen LogP contribution in [-0.2, 0) is 14.3 Å². The molecule has 1 heterocycles. The number of carbonyl (C=O) groups is 4. The molecule has 4 rings (SSSR count). The molecule has 11 heteroatoms. The van der Waals surface area contributed by atoms with Gasteiger partial charge < -0.3 is 15.4 Å². The first kappa shape index (κ1) is 25.0. The third-order valence-corrected chi connectivity index (χ3v) is 5.64. The van der Waals surface area contributed by atoms with E-state index in [4.69, 9.17) is 4.74 Å². The molecule has 11 nitrogen and oxygen atoms in total. The molecule has 1 aliphatic rings. The van der Waals surface area contributed by atoms with E-state index in [0.717, 1.165) is 0 Å². The van der Waals surface area contributed by atoms with Crippen molar-refractivity contribution in [3.05, 3.63) is 94.0 Å². The SMILES string of the molecule is CCOC(=O)c1ccc(NC(=O)C[C@@H]2C(=O)Nc3ccccc3N2C(=O)c2ccc([N+](=O)[O-])cc2)cc1. The molecule has 0 fully saturated rings. The summed E-state index contributed by atoms with van der Waals surface area (Å²) in [5.74, 6) is -2.17. The van der Waals surface area contributed by atoms with E-state index in [1.165, 1.54) is 53.4 Å². The molecule has 0 spiro atoms. The lowest BCUT2D eigenvalue weighted by Crippen LogP contribution is -2.52. The summed E-state index contributed by atoms with van der Waals surface area (Å²) < 4.78 is 4.94. The number of ether oxygens (including phenoxy) is 1. The number of nitrogens with zero attached hydrogens (tertiary/aromatic N) is 2. The van der Waals surface area contributed by atoms with E-state index in [-0.39, 0.29) is 24.3 Å². The first-order chi connectivity index (χ1) is 17.8. The van der Waals surface area contributed by atoms with Crippen LogP contribution in [0.25, 0.3) is 0 Å². The number of hydrogen-bond donors (Lipinski definition) is 2. The van der Waals surface area contributed by atoms with Crippen molar-refractivity contribution >= 4 is 46.4 Å². The van der Waals surface area contributed by atoms with Crippen LogP contribution in [0.3, 0.4) is 0 Å². The van der Waals surface area contributed by atoms with E-state index in [2.05, 4.69) is 10.6 Å². The lowest BCUT2D eigenvalue weighted by Gasteiger charge is -2.36. The van der Waals surface area contributed by atoms with Crippen molar-refractivity contribution in [3.63, 3.8) is 0 Å². The second kappa shape index (κ2) is 10.7. The number of benzene rings is 3. The predicted octanol–water partition coefficient (Wildman–Crippen LogP) is 3.77. The first-order valence-corrected chi connectivity index (χ1v) is 11.3. The van der Waals surface area contributed by atoms with Crippen molar-refractivity contribution in [2.75, 3.05) is 22.1 Å². The zero-order chi connectivity index (χ0) is 26.5. The second-order valence-electron chi connectivity index (χ2n) is 8.05. The highest BCUT2D eigenvalue weighted by molar-refractivity contribution is 6.17. The van der Waals surface area contributed by atoms with Crippen molar-refractivity contribution < 1.29 is 28.8 Å². The molecule has 37 heavy (non-hydrogen) atoms. The minimum absolute atomic E-state index is 0.120. The number of carbonyl (C=O) groups excluding carboxylic acids is 4. The Kier molecular flexibility index (Phi) is 7.23. The van der Waals surface area contributed by atoms with Crippen molar-refractivity contribution in [1.29, 1.82) is 0 Å². The van der Waals surface area contributed by atoms with Gasteiger partial charge in [-0.05, 0) is 55.5 Å². The van der Waals surface area contributed by atoms with Gasteiger partial charge >= 0.3 is 5.97 Å². The summed E-state index contributed by atoms with van der Waals surface area (Å²) in [5, 5.41) is 16.4. The molecule has 3 aromatic carbocycles. The van der Waals surface area contributed by atoms with Gasteiger partial charge in [0, 0.05) is 23.4 Å². The molecule has 0 unspecified atom stereocenters. The minimum Gasteiger partial charge on any atom is -0.462 e. The van der Waals surface area contributed by atoms with Gasteiger partial charge in [0.1, 0.15) is 6.04 Å². The molecule has 0 aliphatic carbocycles. The molecule has 3 amide bonds. The predicted molar refractivity (Wildman–Crippen MR) is 134 cm³/mol. The van der Waals surface area contributed by atoms with Crippen LogP contribution in [0.5, 0.6) is 0 Å². The van der Waals surface area contributed by atoms with E-state index < -0.39 is 34.7 Å². The number of esters is 1. The van der Waals surface area contributed by atoms with Crippen LogP contribution < -0.4 is 15.5 Å². The van der Waals surface area contributed by atoms with Gasteiger partial charge in [-0.1, -0.05) is 12.1 Å². The molecule has 0 saturated carbocycles. The molecule has 0 bridgehead atoms. The summed E-state index contributed by atoms with van der Waals surface area (Å²) in [6.45, 7) is 1.93. The maximum Gasteiger partial charge on any atom is 0.338 e. The van der Waals surface area contributed by atoms with E-state index >= 15 is 0 Å². The average molecular weight is 502 g/mol. The number of nitro groups is 1. The van der Waals surface area contributed by atoms with E-state index in [1.807, 2.05) is 0 Å². The van der Waals surface area contributed by atoms with Crippen molar-refractivity contribution in [2.45, 2.75) is 19.4 Å². The highest BCUT2D eigenvalue weighted by Gasteiger charge is 2.38. The quantitative estimate of drug-likeness (QED) is 0.284. The van der Waals surface area contributed by atoms with Gasteiger partial charge in [0.15, 0.2) is 0 Å². The number of fused-ring (bicyclic) bond motifs is 1. The average Bonchev–Trinajstić information content (AvgIpc) is 2.89. The molecule has 1 aliphatic heterocycles. The first-order valence-electron chi connectivity index (χ1n) is 11.3. The van der Waals surface area contributed by atoms with Gasteiger partial charge in [-0.25, -0.2) is 4.79 Å². The van der Waals surface area contributed by atoms with Crippen LogP contribution in [0, 0.1) is 10.1 Å². The molecule has 0 radical (unpaired) electrons. The van der Waals surface area contributed by atoms with Gasteiger partial charge in [-0.15, -0.1) is 0 Å². The molecule has 0 saturated heterocycles. The van der Waals surface area contributed by atoms with Crippen LogP contribution >= 0.6 is 0 Å². The summed E-state index contributed by atoms with van der Waals surface area (Å²) in [5.41, 5.74) is 1.44. The maximum atomic E-state index is 13.5. The number of nitrogens with one attached hydrogen (secondary N) is 2. The van der Waals surface area contributed by atoms with Crippen LogP contribution in [0.4, 0.5) is 22.7 Å². The molecule has 3 aromatic rings. The molecule has 0 aromatic heterocycles. The standard InChI is InChI=1S/C26H22N4O7/c1-2-37-26(34)17-7-11-18(12-8-17)27-23(31)15-22-24(32)28-20-5-3-4-6-21(20)29(22)25(33)16-9-13-19(14-10-16)30(35)36/h3-14,22H,2,15H2,1H3,(H,27,31)(H,28,32)/t22-/m1/s1. The Bertz CT molecular complexity index is 1370. The number of non-ortho nitro benzene ring substituents is 1. The maximum absolute atomic E-state index is 13.5. The van der Waals surface area contributed by atoms with Gasteiger partial charge in [-0.2, -0.15) is 0 Å². The van der Waals surface area contributed by atoms with E-state index in [0.29, 0.717) is 22.6 Å². The normalized spacial score (nSPS) is 14.2. The lowest BCUT2D eigenvalue weighted by molar-refractivity contribution is -0.384. The summed E-state index contributed by atoms with van der Waals surface area (Å²) in [6.07, 6.45) is -0.363. The summed E-state index contributed by atoms with van der Waals surface area (Å²) in [7, 11) is 0.